The van der Waals surface area contributed by atoms with E-state index in [0.717, 1.165) is 41.8 Å². The first kappa shape index (κ1) is 21.2. The van der Waals surface area contributed by atoms with Crippen LogP contribution >= 0.6 is 0 Å². The van der Waals surface area contributed by atoms with Gasteiger partial charge in [-0.05, 0) is 45.2 Å². The van der Waals surface area contributed by atoms with E-state index >= 15 is 0 Å². The molecule has 1 aliphatic rings. The molecule has 5 rings (SSSR count). The minimum atomic E-state index is -0.866. The number of aryl methyl sites for hydroxylation is 1. The van der Waals surface area contributed by atoms with Gasteiger partial charge in [-0.1, -0.05) is 17.6 Å². The van der Waals surface area contributed by atoms with Gasteiger partial charge < -0.3 is 15.4 Å². The number of rotatable bonds is 6. The Morgan fingerprint density at radius 3 is 2.61 bits per heavy atom. The van der Waals surface area contributed by atoms with Crippen LogP contribution in [0.1, 0.15) is 50.2 Å². The van der Waals surface area contributed by atoms with Gasteiger partial charge in [-0.3, -0.25) is 9.67 Å². The molecule has 0 aromatic carbocycles. The lowest BCUT2D eigenvalue weighted by atomic mass is 9.64. The summed E-state index contributed by atoms with van der Waals surface area (Å²) in [7, 11) is 0. The second kappa shape index (κ2) is 7.73. The molecule has 10 nitrogen and oxygen atoms in total. The Morgan fingerprint density at radius 1 is 1.15 bits per heavy atom. The van der Waals surface area contributed by atoms with Crippen molar-refractivity contribution >= 4 is 5.82 Å². The monoisotopic (exact) mass is 446 g/mol. The first-order valence-corrected chi connectivity index (χ1v) is 10.9. The molecule has 1 saturated carbocycles. The average molecular weight is 447 g/mol. The van der Waals surface area contributed by atoms with Crippen molar-refractivity contribution in [2.75, 3.05) is 5.73 Å². The number of nitrogens with zero attached hydrogens (tertiary/aromatic N) is 7. The zero-order valence-corrected chi connectivity index (χ0v) is 18.9. The van der Waals surface area contributed by atoms with Crippen molar-refractivity contribution in [1.29, 1.82) is 0 Å². The molecule has 0 unspecified atom stereocenters. The number of aromatic nitrogens is 7. The van der Waals surface area contributed by atoms with Gasteiger partial charge in [0, 0.05) is 12.4 Å². The first-order chi connectivity index (χ1) is 15.7. The molecule has 0 atom stereocenters. The number of anilines is 1. The Morgan fingerprint density at radius 2 is 1.97 bits per heavy atom. The quantitative estimate of drug-likeness (QED) is 0.457. The molecule has 0 bridgehead atoms. The predicted octanol–water partition coefficient (Wildman–Crippen LogP) is 2.92. The highest BCUT2D eigenvalue weighted by Gasteiger charge is 2.45. The van der Waals surface area contributed by atoms with Crippen molar-refractivity contribution in [3.63, 3.8) is 0 Å². The Balaban J connectivity index is 1.42. The van der Waals surface area contributed by atoms with Gasteiger partial charge in [0.2, 0.25) is 0 Å². The van der Waals surface area contributed by atoms with E-state index in [2.05, 4.69) is 31.3 Å². The molecule has 33 heavy (non-hydrogen) atoms. The molecular weight excluding hydrogens is 420 g/mol. The van der Waals surface area contributed by atoms with Crippen LogP contribution in [-0.2, 0) is 12.0 Å². The lowest BCUT2D eigenvalue weighted by Gasteiger charge is -2.39. The van der Waals surface area contributed by atoms with Gasteiger partial charge in [0.05, 0.1) is 46.9 Å². The van der Waals surface area contributed by atoms with Crippen LogP contribution in [0, 0.1) is 6.92 Å². The molecule has 0 spiro atoms. The van der Waals surface area contributed by atoms with E-state index in [1.807, 2.05) is 19.2 Å². The topological polar surface area (TPSA) is 142 Å². The van der Waals surface area contributed by atoms with Crippen LogP contribution in [-0.4, -0.2) is 45.6 Å². The van der Waals surface area contributed by atoms with E-state index in [0.29, 0.717) is 29.8 Å². The molecule has 1 aliphatic carbocycles. The number of nitrogen functional groups attached to an aromatic ring is 1. The maximum absolute atomic E-state index is 10.0. The zero-order valence-electron chi connectivity index (χ0n) is 18.9. The summed E-state index contributed by atoms with van der Waals surface area (Å²) in [4.78, 5) is 18.0. The van der Waals surface area contributed by atoms with Crippen molar-refractivity contribution in [1.82, 2.24) is 34.9 Å². The van der Waals surface area contributed by atoms with Gasteiger partial charge >= 0.3 is 0 Å². The first-order valence-electron chi connectivity index (χ1n) is 10.9. The minimum absolute atomic E-state index is 0.321. The molecule has 0 radical (unpaired) electrons. The molecule has 0 saturated heterocycles. The van der Waals surface area contributed by atoms with E-state index in [9.17, 15) is 5.11 Å². The Bertz CT molecular complexity index is 1280. The Labute approximate surface area is 190 Å². The van der Waals surface area contributed by atoms with Crippen molar-refractivity contribution in [2.45, 2.75) is 57.6 Å². The lowest BCUT2D eigenvalue weighted by molar-refractivity contribution is 0.0577. The van der Waals surface area contributed by atoms with E-state index in [1.54, 1.807) is 30.9 Å². The maximum atomic E-state index is 10.0. The van der Waals surface area contributed by atoms with E-state index in [4.69, 9.17) is 15.2 Å². The number of hydrogen-bond acceptors (Lipinski definition) is 9. The summed E-state index contributed by atoms with van der Waals surface area (Å²) >= 11 is 0. The second-order valence-electron chi connectivity index (χ2n) is 9.26. The van der Waals surface area contributed by atoms with Crippen LogP contribution in [0.25, 0.3) is 22.8 Å². The number of pyridine rings is 1. The van der Waals surface area contributed by atoms with Crippen LogP contribution in [0.4, 0.5) is 5.82 Å². The summed E-state index contributed by atoms with van der Waals surface area (Å²) in [6.45, 7) is 5.71. The number of aliphatic hydroxyl groups is 1. The molecule has 4 aromatic rings. The highest BCUT2D eigenvalue weighted by atomic mass is 16.5. The summed E-state index contributed by atoms with van der Waals surface area (Å²) in [5.74, 6) is 1.45. The van der Waals surface area contributed by atoms with Crippen LogP contribution in [0.3, 0.4) is 0 Å². The fourth-order valence-corrected chi connectivity index (χ4v) is 4.23. The normalized spacial score (nSPS) is 15.4. The smallest absolute Gasteiger partial charge is 0.261 e. The van der Waals surface area contributed by atoms with Crippen molar-refractivity contribution in [3.8, 4) is 22.8 Å². The summed E-state index contributed by atoms with van der Waals surface area (Å²) in [5.41, 5.74) is 8.49. The third kappa shape index (κ3) is 3.97. The van der Waals surface area contributed by atoms with E-state index < -0.39 is 5.60 Å². The molecule has 3 N–H and O–H groups in total. The largest absolute Gasteiger partial charge is 0.389 e. The van der Waals surface area contributed by atoms with Gasteiger partial charge in [0.15, 0.2) is 5.82 Å². The fourth-order valence-electron chi connectivity index (χ4n) is 4.23. The molecule has 1 fully saturated rings. The highest BCUT2D eigenvalue weighted by molar-refractivity contribution is 5.58. The average Bonchev–Trinajstić information content (AvgIpc) is 3.37. The third-order valence-electron chi connectivity index (χ3n) is 6.01. The molecule has 10 heteroatoms. The molecule has 170 valence electrons. The van der Waals surface area contributed by atoms with Crippen LogP contribution in [0.5, 0.6) is 0 Å². The predicted molar refractivity (Wildman–Crippen MR) is 121 cm³/mol. The molecular formula is C23H26N8O2. The molecule has 0 amide bonds. The summed E-state index contributed by atoms with van der Waals surface area (Å²) in [5, 5.41) is 18.6. The van der Waals surface area contributed by atoms with E-state index in [1.165, 1.54) is 6.20 Å². The third-order valence-corrected chi connectivity index (χ3v) is 6.01. The van der Waals surface area contributed by atoms with Gasteiger partial charge in [0.25, 0.3) is 5.89 Å². The Kier molecular flexibility index (Phi) is 4.97. The second-order valence-corrected chi connectivity index (χ2v) is 9.26. The highest BCUT2D eigenvalue weighted by Crippen LogP contribution is 2.48. The molecule has 4 aromatic heterocycles. The fraction of sp³-hybridized carbons (Fsp3) is 0.391. The van der Waals surface area contributed by atoms with Crippen LogP contribution in [0.15, 0.2) is 41.4 Å². The van der Waals surface area contributed by atoms with Gasteiger partial charge in [-0.25, -0.2) is 9.97 Å². The van der Waals surface area contributed by atoms with Crippen molar-refractivity contribution < 1.29 is 9.63 Å². The maximum Gasteiger partial charge on any atom is 0.261 e. The van der Waals surface area contributed by atoms with Gasteiger partial charge in [-0.15, -0.1) is 0 Å². The van der Waals surface area contributed by atoms with Gasteiger partial charge in [-0.2, -0.15) is 10.1 Å². The lowest BCUT2D eigenvalue weighted by Crippen LogP contribution is -2.36. The standard InChI is InChI=1S/C23H26N8O2/c1-14-19(26-11-18(24)28-14)17-6-5-16(10-25-17)23(7-4-8-23)21-29-20(33-30-21)15-9-27-31(12-15)13-22(2,3)32/h5-6,9-12,32H,4,7-8,13H2,1-3H3,(H2,24,28). The van der Waals surface area contributed by atoms with Crippen LogP contribution in [0.2, 0.25) is 0 Å². The molecule has 0 aliphatic heterocycles. The summed E-state index contributed by atoms with van der Waals surface area (Å²) in [6, 6.07) is 4.00. The van der Waals surface area contributed by atoms with Crippen molar-refractivity contribution in [2.24, 2.45) is 0 Å². The minimum Gasteiger partial charge on any atom is -0.389 e. The number of nitrogens with two attached hydrogens (primary N) is 1. The zero-order chi connectivity index (χ0) is 23.2. The van der Waals surface area contributed by atoms with Crippen LogP contribution < -0.4 is 5.73 Å². The summed E-state index contributed by atoms with van der Waals surface area (Å²) < 4.78 is 7.26. The SMILES string of the molecule is Cc1nc(N)cnc1-c1ccc(C2(c3noc(-c4cnn(CC(C)(C)O)c4)n3)CCC2)cn1. The Hall–Kier alpha value is -3.66. The van der Waals surface area contributed by atoms with Gasteiger partial charge in [0.1, 0.15) is 11.5 Å². The summed E-state index contributed by atoms with van der Waals surface area (Å²) in [6.07, 6.45) is 9.80. The van der Waals surface area contributed by atoms with Crippen molar-refractivity contribution in [3.05, 3.63) is 54.0 Å². The van der Waals surface area contributed by atoms with E-state index in [-0.39, 0.29) is 5.41 Å². The number of hydrogen-bond donors (Lipinski definition) is 2. The molecule has 4 heterocycles.